The Morgan fingerprint density at radius 2 is 1.86 bits per heavy atom. The summed E-state index contributed by atoms with van der Waals surface area (Å²) in [5.41, 5.74) is 7.87. The Bertz CT molecular complexity index is 1290. The highest BCUT2D eigenvalue weighted by atomic mass is 16.5. The van der Waals surface area contributed by atoms with Gasteiger partial charge in [-0.25, -0.2) is 9.97 Å². The van der Waals surface area contributed by atoms with Gasteiger partial charge >= 0.3 is 0 Å². The second-order valence-corrected chi connectivity index (χ2v) is 10.6. The molecule has 3 rings (SSSR count). The van der Waals surface area contributed by atoms with E-state index in [1.807, 2.05) is 38.1 Å². The average Bonchev–Trinajstić information content (AvgIpc) is 2.97. The molecule has 13 heteroatoms. The number of amides is 3. The van der Waals surface area contributed by atoms with Crippen LogP contribution in [-0.2, 0) is 27.2 Å². The molecule has 2 heterocycles. The van der Waals surface area contributed by atoms with E-state index in [0.29, 0.717) is 62.1 Å². The molecule has 0 spiro atoms. The highest BCUT2D eigenvalue weighted by molar-refractivity contribution is 5.96. The molecule has 43 heavy (non-hydrogen) atoms. The summed E-state index contributed by atoms with van der Waals surface area (Å²) in [5, 5.41) is 9.51. The molecule has 234 valence electrons. The van der Waals surface area contributed by atoms with Gasteiger partial charge in [0.05, 0.1) is 19.3 Å². The number of carbonyl (C=O) groups excluding carboxylic acids is 3. The van der Waals surface area contributed by atoms with Crippen molar-refractivity contribution in [3.8, 4) is 5.75 Å². The standard InChI is InChI=1S/C30H44N8O5/c1-6-24-29(33-21-10-14-43-15-11-21)36-30(27(35-24)28(31)41)34-22-16-20(17-23(18-22)42-5)9-12-32-25(39)19-38(4)26(40)8-7-13-37(2)3/h7-8,16-18,21H,6,9-15,19H2,1-5H3,(H2,31,41)(H,32,39)(H2,33,34,36)/b8-7+. The van der Waals surface area contributed by atoms with Gasteiger partial charge < -0.3 is 41.0 Å². The fourth-order valence-corrected chi connectivity index (χ4v) is 4.45. The molecule has 0 saturated carbocycles. The summed E-state index contributed by atoms with van der Waals surface area (Å²) in [6, 6.07) is 5.71. The number of nitrogens with zero attached hydrogens (tertiary/aromatic N) is 4. The van der Waals surface area contributed by atoms with Crippen LogP contribution in [0.25, 0.3) is 0 Å². The van der Waals surface area contributed by atoms with Crippen molar-refractivity contribution in [2.24, 2.45) is 5.73 Å². The minimum atomic E-state index is -0.690. The third kappa shape index (κ3) is 10.5. The zero-order valence-electron chi connectivity index (χ0n) is 25.7. The Hall–Kier alpha value is -4.23. The summed E-state index contributed by atoms with van der Waals surface area (Å²) >= 11 is 0. The number of nitrogens with one attached hydrogen (secondary N) is 3. The van der Waals surface area contributed by atoms with Crippen molar-refractivity contribution in [1.29, 1.82) is 0 Å². The van der Waals surface area contributed by atoms with Gasteiger partial charge in [0, 0.05) is 57.2 Å². The molecule has 1 aliphatic heterocycles. The SMILES string of the molecule is CCc1nc(C(N)=O)c(Nc2cc(CCNC(=O)CN(C)C(=O)/C=C/CN(C)C)cc(OC)c2)nc1NC1CCOCC1. The minimum absolute atomic E-state index is 0.0428. The monoisotopic (exact) mass is 596 g/mol. The highest BCUT2D eigenvalue weighted by Gasteiger charge is 2.21. The summed E-state index contributed by atoms with van der Waals surface area (Å²) in [4.78, 5) is 49.5. The number of carbonyl (C=O) groups is 3. The topological polar surface area (TPSA) is 164 Å². The van der Waals surface area contributed by atoms with Crippen LogP contribution in [0.15, 0.2) is 30.4 Å². The summed E-state index contributed by atoms with van der Waals surface area (Å²) < 4.78 is 11.0. The number of rotatable bonds is 15. The lowest BCUT2D eigenvalue weighted by atomic mass is 10.1. The quantitative estimate of drug-likeness (QED) is 0.223. The van der Waals surface area contributed by atoms with Crippen LogP contribution in [0, 0.1) is 0 Å². The molecule has 5 N–H and O–H groups in total. The lowest BCUT2D eigenvalue weighted by molar-refractivity contribution is -0.131. The molecule has 1 aromatic heterocycles. The maximum absolute atomic E-state index is 12.4. The van der Waals surface area contributed by atoms with E-state index in [1.165, 1.54) is 11.0 Å². The van der Waals surface area contributed by atoms with Gasteiger partial charge in [-0.05, 0) is 57.5 Å². The van der Waals surface area contributed by atoms with Crippen LogP contribution in [0.3, 0.4) is 0 Å². The summed E-state index contributed by atoms with van der Waals surface area (Å²) in [6.45, 7) is 4.23. The first-order valence-corrected chi connectivity index (χ1v) is 14.4. The van der Waals surface area contributed by atoms with Crippen molar-refractivity contribution in [2.75, 3.05) is 71.7 Å². The normalized spacial score (nSPS) is 13.6. The molecule has 0 bridgehead atoms. The van der Waals surface area contributed by atoms with Crippen LogP contribution < -0.4 is 26.4 Å². The highest BCUT2D eigenvalue weighted by Crippen LogP contribution is 2.27. The molecule has 1 fully saturated rings. The fraction of sp³-hybridized carbons (Fsp3) is 0.500. The van der Waals surface area contributed by atoms with Crippen LogP contribution in [-0.4, -0.2) is 105 Å². The van der Waals surface area contributed by atoms with Gasteiger partial charge in [0.1, 0.15) is 5.75 Å². The largest absolute Gasteiger partial charge is 0.497 e. The number of nitrogens with two attached hydrogens (primary N) is 1. The van der Waals surface area contributed by atoms with Crippen molar-refractivity contribution >= 4 is 35.0 Å². The molecule has 0 atom stereocenters. The van der Waals surface area contributed by atoms with Crippen LogP contribution in [0.1, 0.15) is 41.5 Å². The molecule has 0 aliphatic carbocycles. The van der Waals surface area contributed by atoms with Crippen LogP contribution in [0.2, 0.25) is 0 Å². The first-order chi connectivity index (χ1) is 20.6. The van der Waals surface area contributed by atoms with E-state index in [4.69, 9.17) is 20.2 Å². The number of hydrogen-bond acceptors (Lipinski definition) is 10. The Balaban J connectivity index is 1.69. The van der Waals surface area contributed by atoms with E-state index in [0.717, 1.165) is 18.4 Å². The van der Waals surface area contributed by atoms with E-state index >= 15 is 0 Å². The van der Waals surface area contributed by atoms with E-state index in [-0.39, 0.29) is 35.9 Å². The maximum atomic E-state index is 12.4. The summed E-state index contributed by atoms with van der Waals surface area (Å²) in [6.07, 6.45) is 5.99. The van der Waals surface area contributed by atoms with Crippen LogP contribution in [0.4, 0.5) is 17.3 Å². The first-order valence-electron chi connectivity index (χ1n) is 14.4. The second kappa shape index (κ2) is 16.4. The number of ether oxygens (including phenoxy) is 2. The third-order valence-corrected chi connectivity index (χ3v) is 6.79. The predicted molar refractivity (Wildman–Crippen MR) is 166 cm³/mol. The third-order valence-electron chi connectivity index (χ3n) is 6.79. The van der Waals surface area contributed by atoms with Gasteiger partial charge in [0.15, 0.2) is 17.3 Å². The lowest BCUT2D eigenvalue weighted by Crippen LogP contribution is -2.38. The number of aryl methyl sites for hydroxylation is 1. The van der Waals surface area contributed by atoms with Crippen LogP contribution in [0.5, 0.6) is 5.75 Å². The zero-order valence-corrected chi connectivity index (χ0v) is 25.7. The van der Waals surface area contributed by atoms with E-state index < -0.39 is 5.91 Å². The Kier molecular flexibility index (Phi) is 12.7. The van der Waals surface area contributed by atoms with Gasteiger partial charge in [-0.15, -0.1) is 0 Å². The lowest BCUT2D eigenvalue weighted by Gasteiger charge is -2.25. The molecule has 1 saturated heterocycles. The van der Waals surface area contributed by atoms with Gasteiger partial charge in [-0.1, -0.05) is 13.0 Å². The number of likely N-dealkylation sites (N-methyl/N-ethyl adjacent to an activating group) is 2. The number of benzene rings is 1. The smallest absolute Gasteiger partial charge is 0.271 e. The van der Waals surface area contributed by atoms with Crippen molar-refractivity contribution in [3.05, 3.63) is 47.3 Å². The second-order valence-electron chi connectivity index (χ2n) is 10.6. The van der Waals surface area contributed by atoms with Gasteiger partial charge in [-0.3, -0.25) is 14.4 Å². The Labute approximate surface area is 253 Å². The van der Waals surface area contributed by atoms with Crippen molar-refractivity contribution < 1.29 is 23.9 Å². The summed E-state index contributed by atoms with van der Waals surface area (Å²) in [5.74, 6) is 0.228. The van der Waals surface area contributed by atoms with E-state index in [9.17, 15) is 14.4 Å². The van der Waals surface area contributed by atoms with Gasteiger partial charge in [0.2, 0.25) is 11.8 Å². The molecule has 0 unspecified atom stereocenters. The molecule has 13 nitrogen and oxygen atoms in total. The van der Waals surface area contributed by atoms with Crippen molar-refractivity contribution in [1.82, 2.24) is 25.1 Å². The molecular weight excluding hydrogens is 552 g/mol. The van der Waals surface area contributed by atoms with Gasteiger partial charge in [0.25, 0.3) is 5.91 Å². The molecule has 3 amide bonds. The number of methoxy groups -OCH3 is 1. The molecule has 0 radical (unpaired) electrons. The van der Waals surface area contributed by atoms with E-state index in [2.05, 4.69) is 20.9 Å². The number of primary amides is 1. The van der Waals surface area contributed by atoms with Crippen molar-refractivity contribution in [2.45, 2.75) is 38.6 Å². The zero-order chi connectivity index (χ0) is 31.4. The molecule has 1 aromatic carbocycles. The number of aromatic nitrogens is 2. The maximum Gasteiger partial charge on any atom is 0.271 e. The number of hydrogen-bond donors (Lipinski definition) is 4. The fourth-order valence-electron chi connectivity index (χ4n) is 4.45. The minimum Gasteiger partial charge on any atom is -0.497 e. The summed E-state index contributed by atoms with van der Waals surface area (Å²) in [7, 11) is 6.96. The Morgan fingerprint density at radius 3 is 2.51 bits per heavy atom. The van der Waals surface area contributed by atoms with Crippen LogP contribution >= 0.6 is 0 Å². The average molecular weight is 597 g/mol. The van der Waals surface area contributed by atoms with Crippen molar-refractivity contribution in [3.63, 3.8) is 0 Å². The Morgan fingerprint density at radius 1 is 1.12 bits per heavy atom. The molecular formula is C30H44N8O5. The molecule has 1 aliphatic rings. The first kappa shape index (κ1) is 33.3. The molecule has 2 aromatic rings. The van der Waals surface area contributed by atoms with Gasteiger partial charge in [-0.2, -0.15) is 0 Å². The predicted octanol–water partition coefficient (Wildman–Crippen LogP) is 1.72. The number of anilines is 3. The van der Waals surface area contributed by atoms with E-state index in [1.54, 1.807) is 26.3 Å².